The Bertz CT molecular complexity index is 1380. The van der Waals surface area contributed by atoms with Gasteiger partial charge in [0.2, 0.25) is 0 Å². The van der Waals surface area contributed by atoms with E-state index in [2.05, 4.69) is 14.9 Å². The molecule has 1 aliphatic carbocycles. The summed E-state index contributed by atoms with van der Waals surface area (Å²) in [5, 5.41) is 0.971. The van der Waals surface area contributed by atoms with Crippen molar-refractivity contribution in [2.75, 3.05) is 18.0 Å². The number of imidazole rings is 1. The van der Waals surface area contributed by atoms with Gasteiger partial charge in [0.15, 0.2) is 5.82 Å². The quantitative estimate of drug-likeness (QED) is 0.399. The van der Waals surface area contributed by atoms with E-state index >= 15 is 0 Å². The highest BCUT2D eigenvalue weighted by atomic mass is 35.5. The molecule has 33 heavy (non-hydrogen) atoms. The minimum absolute atomic E-state index is 0.105. The Balaban J connectivity index is 1.30. The molecule has 6 rings (SSSR count). The van der Waals surface area contributed by atoms with Crippen molar-refractivity contribution in [2.24, 2.45) is 11.1 Å². The predicted molar refractivity (Wildman–Crippen MR) is 129 cm³/mol. The molecule has 2 N–H and O–H groups in total. The summed E-state index contributed by atoms with van der Waals surface area (Å²) in [5.74, 6) is 1.41. The lowest BCUT2D eigenvalue weighted by Gasteiger charge is -2.42. The first-order valence-electron chi connectivity index (χ1n) is 11.0. The van der Waals surface area contributed by atoms with Crippen molar-refractivity contribution in [3.05, 3.63) is 82.0 Å². The van der Waals surface area contributed by atoms with Crippen LogP contribution in [0.3, 0.4) is 0 Å². The first kappa shape index (κ1) is 20.9. The van der Waals surface area contributed by atoms with Crippen LogP contribution in [0.1, 0.15) is 30.0 Å². The maximum Gasteiger partial charge on any atom is 0.154 e. The molecule has 0 saturated carbocycles. The number of fused-ring (bicyclic) bond motifs is 2. The minimum Gasteiger partial charge on any atom is -0.355 e. The van der Waals surface area contributed by atoms with E-state index in [9.17, 15) is 4.39 Å². The van der Waals surface area contributed by atoms with Gasteiger partial charge in [0, 0.05) is 42.7 Å². The van der Waals surface area contributed by atoms with E-state index in [1.54, 1.807) is 18.3 Å². The minimum atomic E-state index is -0.272. The Labute approximate surface area is 201 Å². The number of nitrogens with two attached hydrogens (primary N) is 1. The highest BCUT2D eigenvalue weighted by molar-refractivity contribution is 6.43. The summed E-state index contributed by atoms with van der Waals surface area (Å²) >= 11 is 12.7. The topological polar surface area (TPSA) is 59.5 Å². The number of aromatic nitrogens is 3. The number of benzene rings is 2. The molecule has 1 saturated heterocycles. The van der Waals surface area contributed by atoms with Crippen LogP contribution in [0.25, 0.3) is 16.9 Å². The van der Waals surface area contributed by atoms with Crippen LogP contribution >= 0.6 is 23.2 Å². The van der Waals surface area contributed by atoms with Gasteiger partial charge in [0.05, 0.1) is 16.2 Å². The fourth-order valence-corrected chi connectivity index (χ4v) is 5.95. The zero-order valence-electron chi connectivity index (χ0n) is 17.8. The summed E-state index contributed by atoms with van der Waals surface area (Å²) in [6.45, 7) is 1.60. The largest absolute Gasteiger partial charge is 0.355 e. The maximum atomic E-state index is 14.5. The lowest BCUT2D eigenvalue weighted by Crippen LogP contribution is -2.44. The monoisotopic (exact) mass is 481 g/mol. The lowest BCUT2D eigenvalue weighted by molar-refractivity contribution is 0.186. The first-order chi connectivity index (χ1) is 16.0. The van der Waals surface area contributed by atoms with Gasteiger partial charge in [-0.15, -0.1) is 0 Å². The van der Waals surface area contributed by atoms with Crippen molar-refractivity contribution < 1.29 is 4.39 Å². The molecule has 4 aromatic rings. The van der Waals surface area contributed by atoms with Crippen molar-refractivity contribution in [3.63, 3.8) is 0 Å². The van der Waals surface area contributed by atoms with Crippen LogP contribution in [0.2, 0.25) is 10.0 Å². The Morgan fingerprint density at radius 3 is 2.64 bits per heavy atom. The van der Waals surface area contributed by atoms with Gasteiger partial charge in [-0.2, -0.15) is 0 Å². The van der Waals surface area contributed by atoms with Crippen molar-refractivity contribution in [3.8, 4) is 11.4 Å². The van der Waals surface area contributed by atoms with E-state index in [4.69, 9.17) is 28.9 Å². The molecule has 1 fully saturated rings. The standard InChI is InChI=1S/C25H22Cl2FN5/c26-17-5-2-4-16(21(17)27)23-31-14-19-24(30-9-12-33(19)23)32-10-7-25(8-11-32)13-15-3-1-6-18(28)20(15)22(25)29/h1-6,9,12,14,22H,7-8,10-11,13,29H2. The number of nitrogens with zero attached hydrogens (tertiary/aromatic N) is 4. The molecular formula is C25H22Cl2FN5. The number of piperidine rings is 1. The van der Waals surface area contributed by atoms with Crippen LogP contribution in [0.15, 0.2) is 55.0 Å². The van der Waals surface area contributed by atoms with Gasteiger partial charge < -0.3 is 10.6 Å². The molecule has 0 amide bonds. The van der Waals surface area contributed by atoms with E-state index < -0.39 is 0 Å². The predicted octanol–water partition coefficient (Wildman–Crippen LogP) is 5.68. The summed E-state index contributed by atoms with van der Waals surface area (Å²) in [5.41, 5.74) is 9.94. The van der Waals surface area contributed by atoms with Crippen molar-refractivity contribution >= 4 is 34.5 Å². The van der Waals surface area contributed by atoms with Crippen LogP contribution in [-0.2, 0) is 6.42 Å². The van der Waals surface area contributed by atoms with Gasteiger partial charge in [0.25, 0.3) is 0 Å². The highest BCUT2D eigenvalue weighted by Gasteiger charge is 2.47. The SMILES string of the molecule is NC1c2c(F)cccc2CC12CCN(c1nccn3c(-c4cccc(Cl)c4Cl)ncc13)CC2. The van der Waals surface area contributed by atoms with Gasteiger partial charge in [0.1, 0.15) is 17.2 Å². The van der Waals surface area contributed by atoms with E-state index in [1.807, 2.05) is 35.0 Å². The smallest absolute Gasteiger partial charge is 0.154 e. The summed E-state index contributed by atoms with van der Waals surface area (Å²) in [4.78, 5) is 11.6. The number of hydrogen-bond acceptors (Lipinski definition) is 4. The molecule has 0 radical (unpaired) electrons. The number of hydrogen-bond donors (Lipinski definition) is 1. The lowest BCUT2D eigenvalue weighted by atomic mass is 9.73. The maximum absolute atomic E-state index is 14.5. The molecule has 1 unspecified atom stereocenters. The Morgan fingerprint density at radius 2 is 1.85 bits per heavy atom. The molecule has 2 aromatic carbocycles. The zero-order valence-corrected chi connectivity index (χ0v) is 19.3. The van der Waals surface area contributed by atoms with E-state index in [0.29, 0.717) is 15.6 Å². The van der Waals surface area contributed by atoms with Crippen LogP contribution in [0.5, 0.6) is 0 Å². The molecule has 1 spiro atoms. The van der Waals surface area contributed by atoms with Crippen molar-refractivity contribution in [1.82, 2.24) is 14.4 Å². The van der Waals surface area contributed by atoms with Gasteiger partial charge >= 0.3 is 0 Å². The molecule has 2 aromatic heterocycles. The Kier molecular flexibility index (Phi) is 4.87. The fraction of sp³-hybridized carbons (Fsp3) is 0.280. The summed E-state index contributed by atoms with van der Waals surface area (Å²) < 4.78 is 16.5. The molecule has 0 bridgehead atoms. The van der Waals surface area contributed by atoms with E-state index in [0.717, 1.165) is 60.6 Å². The summed E-state index contributed by atoms with van der Waals surface area (Å²) in [6.07, 6.45) is 8.08. The molecular weight excluding hydrogens is 460 g/mol. The van der Waals surface area contributed by atoms with Crippen molar-refractivity contribution in [1.29, 1.82) is 0 Å². The summed E-state index contributed by atoms with van der Waals surface area (Å²) in [7, 11) is 0. The van der Waals surface area contributed by atoms with Gasteiger partial charge in [-0.25, -0.2) is 14.4 Å². The third kappa shape index (κ3) is 3.15. The molecule has 1 aliphatic heterocycles. The van der Waals surface area contributed by atoms with Crippen LogP contribution < -0.4 is 10.6 Å². The third-order valence-corrected chi connectivity index (χ3v) is 8.17. The van der Waals surface area contributed by atoms with Crippen LogP contribution in [-0.4, -0.2) is 27.5 Å². The molecule has 5 nitrogen and oxygen atoms in total. The van der Waals surface area contributed by atoms with Gasteiger partial charge in [-0.1, -0.05) is 41.4 Å². The normalized spacial score (nSPS) is 19.4. The average molecular weight is 482 g/mol. The van der Waals surface area contributed by atoms with E-state index in [1.165, 1.54) is 6.07 Å². The van der Waals surface area contributed by atoms with Gasteiger partial charge in [-0.3, -0.25) is 4.40 Å². The Hall–Kier alpha value is -2.67. The second-order valence-electron chi connectivity index (χ2n) is 9.01. The summed E-state index contributed by atoms with van der Waals surface area (Å²) in [6, 6.07) is 10.6. The second kappa shape index (κ2) is 7.69. The van der Waals surface area contributed by atoms with Crippen LogP contribution in [0, 0.1) is 11.2 Å². The molecule has 2 aliphatic rings. The molecule has 168 valence electrons. The van der Waals surface area contributed by atoms with Crippen molar-refractivity contribution in [2.45, 2.75) is 25.3 Å². The zero-order chi connectivity index (χ0) is 22.7. The number of anilines is 1. The average Bonchev–Trinajstić information content (AvgIpc) is 3.36. The second-order valence-corrected chi connectivity index (χ2v) is 9.79. The third-order valence-electron chi connectivity index (χ3n) is 7.35. The van der Waals surface area contributed by atoms with Gasteiger partial charge in [-0.05, 0) is 48.4 Å². The van der Waals surface area contributed by atoms with E-state index in [-0.39, 0.29) is 17.3 Å². The molecule has 8 heteroatoms. The number of halogens is 3. The Morgan fingerprint density at radius 1 is 1.06 bits per heavy atom. The first-order valence-corrected chi connectivity index (χ1v) is 11.8. The van der Waals surface area contributed by atoms with Crippen LogP contribution in [0.4, 0.5) is 10.2 Å². The molecule has 3 heterocycles. The number of rotatable bonds is 2. The fourth-order valence-electron chi connectivity index (χ4n) is 5.56. The molecule has 1 atom stereocenters. The highest BCUT2D eigenvalue weighted by Crippen LogP contribution is 2.51.